The molecule has 1 atom stereocenters. The molecule has 1 aliphatic rings. The molecular formula is C22H25N5O5S2. The van der Waals surface area contributed by atoms with Gasteiger partial charge in [0, 0.05) is 30.6 Å². The molecule has 1 saturated carbocycles. The molecule has 0 spiro atoms. The molecule has 0 saturated heterocycles. The van der Waals surface area contributed by atoms with E-state index in [4.69, 9.17) is 4.74 Å². The van der Waals surface area contributed by atoms with Gasteiger partial charge in [-0.3, -0.25) is 9.59 Å². The molecule has 1 aliphatic carbocycles. The van der Waals surface area contributed by atoms with Crippen molar-refractivity contribution in [2.45, 2.75) is 31.1 Å². The van der Waals surface area contributed by atoms with Gasteiger partial charge < -0.3 is 15.4 Å². The van der Waals surface area contributed by atoms with Gasteiger partial charge in [0.2, 0.25) is 11.8 Å². The largest absolute Gasteiger partial charge is 0.384 e. The molecule has 1 fully saturated rings. The fraction of sp³-hybridized carbons (Fsp3) is 0.409. The maximum Gasteiger partial charge on any atom is 0.245 e. The highest BCUT2D eigenvalue weighted by Crippen LogP contribution is 2.34. The summed E-state index contributed by atoms with van der Waals surface area (Å²) in [5, 5.41) is 3.83. The first-order valence-electron chi connectivity index (χ1n) is 10.7. The van der Waals surface area contributed by atoms with Crippen molar-refractivity contribution in [1.82, 2.24) is 25.6 Å². The Hall–Kier alpha value is -2.96. The number of benzene rings is 1. The molecule has 1 unspecified atom stereocenters. The number of ether oxygens (including phenoxy) is 1. The van der Waals surface area contributed by atoms with Gasteiger partial charge in [0.05, 0.1) is 29.1 Å². The minimum Gasteiger partial charge on any atom is -0.384 e. The first-order chi connectivity index (χ1) is 16.3. The molecule has 2 amide bonds. The van der Waals surface area contributed by atoms with E-state index >= 15 is 0 Å². The molecule has 3 aromatic rings. The van der Waals surface area contributed by atoms with Crippen molar-refractivity contribution < 1.29 is 22.7 Å². The minimum absolute atomic E-state index is 0.0589. The minimum atomic E-state index is -3.95. The van der Waals surface area contributed by atoms with E-state index in [1.165, 1.54) is 13.4 Å². The highest BCUT2D eigenvalue weighted by molar-refractivity contribution is 7.92. The maximum absolute atomic E-state index is 13.1. The van der Waals surface area contributed by atoms with Gasteiger partial charge in [0.1, 0.15) is 11.3 Å². The third-order valence-electron chi connectivity index (χ3n) is 5.39. The summed E-state index contributed by atoms with van der Waals surface area (Å²) in [6, 6.07) is 5.67. The fourth-order valence-corrected chi connectivity index (χ4v) is 6.33. The topological polar surface area (TPSA) is 140 Å². The number of aryl methyl sites for hydroxylation is 1. The van der Waals surface area contributed by atoms with Gasteiger partial charge >= 0.3 is 0 Å². The first kappa shape index (κ1) is 24.2. The molecule has 2 N–H and O–H groups in total. The Morgan fingerprint density at radius 2 is 2.09 bits per heavy atom. The molecular weight excluding hydrogens is 478 g/mol. The summed E-state index contributed by atoms with van der Waals surface area (Å²) in [7, 11) is -2.56. The van der Waals surface area contributed by atoms with E-state index in [2.05, 4.69) is 25.6 Å². The number of nitrogens with one attached hydrogen (secondary N) is 2. The highest BCUT2D eigenvalue weighted by Gasteiger charge is 2.37. The smallest absolute Gasteiger partial charge is 0.245 e. The Bertz CT molecular complexity index is 1320. The maximum atomic E-state index is 13.1. The van der Waals surface area contributed by atoms with Gasteiger partial charge in [-0.25, -0.2) is 23.4 Å². The lowest BCUT2D eigenvalue weighted by Crippen LogP contribution is -2.41. The number of aromatic nitrogens is 3. The number of carbonyl (C=O) groups excluding carboxylic acids is 2. The van der Waals surface area contributed by atoms with Crippen molar-refractivity contribution in [3.8, 4) is 11.1 Å². The van der Waals surface area contributed by atoms with Crippen LogP contribution in [0.2, 0.25) is 0 Å². The van der Waals surface area contributed by atoms with Crippen LogP contribution in [0.4, 0.5) is 0 Å². The summed E-state index contributed by atoms with van der Waals surface area (Å²) < 4.78 is 31.8. The van der Waals surface area contributed by atoms with E-state index in [9.17, 15) is 18.0 Å². The van der Waals surface area contributed by atoms with Crippen LogP contribution in [0.15, 0.2) is 30.7 Å². The molecule has 34 heavy (non-hydrogen) atoms. The Balaban J connectivity index is 1.64. The fourth-order valence-electron chi connectivity index (χ4n) is 3.41. The van der Waals surface area contributed by atoms with Crippen molar-refractivity contribution >= 4 is 43.2 Å². The third-order valence-corrected chi connectivity index (χ3v) is 8.53. The second-order valence-electron chi connectivity index (χ2n) is 8.06. The molecule has 180 valence electrons. The van der Waals surface area contributed by atoms with E-state index in [1.54, 1.807) is 6.20 Å². The van der Waals surface area contributed by atoms with Crippen LogP contribution < -0.4 is 10.6 Å². The standard InChI is InChI=1S/C22H25N5O5S2/c1-13-16(10-23-12-25-13)14-3-6-18-17(9-14)27-22(33-18)20(34(30,31)8-7-32-2)21(29)24-11-19(28)26-15-4-5-15/h3,6,9-10,12,15,20H,4-5,7-8,11H2,1-2H3,(H,24,29)(H,26,28). The van der Waals surface area contributed by atoms with Gasteiger partial charge in [-0.15, -0.1) is 11.3 Å². The highest BCUT2D eigenvalue weighted by atomic mass is 32.2. The van der Waals surface area contributed by atoms with E-state index in [0.29, 0.717) is 5.52 Å². The van der Waals surface area contributed by atoms with Gasteiger partial charge in [0.15, 0.2) is 15.1 Å². The van der Waals surface area contributed by atoms with Crippen LogP contribution >= 0.6 is 11.3 Å². The van der Waals surface area contributed by atoms with Crippen molar-refractivity contribution in [3.63, 3.8) is 0 Å². The van der Waals surface area contributed by atoms with Crippen LogP contribution in [0.5, 0.6) is 0 Å². The molecule has 0 aliphatic heterocycles. The molecule has 0 bridgehead atoms. The van der Waals surface area contributed by atoms with Gasteiger partial charge in [-0.1, -0.05) is 6.07 Å². The average Bonchev–Trinajstić information content (AvgIpc) is 3.52. The number of nitrogens with zero attached hydrogens (tertiary/aromatic N) is 3. The van der Waals surface area contributed by atoms with Crippen molar-refractivity contribution in [2.75, 3.05) is 26.0 Å². The summed E-state index contributed by atoms with van der Waals surface area (Å²) in [6.45, 7) is 1.51. The number of rotatable bonds is 10. The molecule has 4 rings (SSSR count). The lowest BCUT2D eigenvalue weighted by Gasteiger charge is -2.15. The zero-order valence-electron chi connectivity index (χ0n) is 18.8. The van der Waals surface area contributed by atoms with Crippen LogP contribution in [0.3, 0.4) is 0 Å². The first-order valence-corrected chi connectivity index (χ1v) is 13.3. The molecule has 2 heterocycles. The molecule has 12 heteroatoms. The van der Waals surface area contributed by atoms with E-state index in [1.807, 2.05) is 25.1 Å². The number of thiazole rings is 1. The van der Waals surface area contributed by atoms with Gasteiger partial charge in [0.25, 0.3) is 0 Å². The second-order valence-corrected chi connectivity index (χ2v) is 11.3. The number of hydrogen-bond donors (Lipinski definition) is 2. The van der Waals surface area contributed by atoms with Crippen LogP contribution in [0.25, 0.3) is 21.3 Å². The van der Waals surface area contributed by atoms with E-state index < -0.39 is 21.0 Å². The summed E-state index contributed by atoms with van der Waals surface area (Å²) in [6.07, 6.45) is 5.00. The zero-order chi connectivity index (χ0) is 24.3. The number of hydrogen-bond acceptors (Lipinski definition) is 9. The molecule has 10 nitrogen and oxygen atoms in total. The average molecular weight is 504 g/mol. The van der Waals surface area contributed by atoms with Gasteiger partial charge in [-0.2, -0.15) is 0 Å². The number of carbonyl (C=O) groups is 2. The second kappa shape index (κ2) is 10.1. The predicted octanol–water partition coefficient (Wildman–Crippen LogP) is 1.56. The Kier molecular flexibility index (Phi) is 7.19. The number of fused-ring (bicyclic) bond motifs is 1. The Morgan fingerprint density at radius 1 is 1.29 bits per heavy atom. The van der Waals surface area contributed by atoms with Crippen LogP contribution in [-0.2, 0) is 24.2 Å². The quantitative estimate of drug-likeness (QED) is 0.425. The number of methoxy groups -OCH3 is 1. The summed E-state index contributed by atoms with van der Waals surface area (Å²) in [4.78, 5) is 37.8. The predicted molar refractivity (Wildman–Crippen MR) is 128 cm³/mol. The molecule has 1 aromatic carbocycles. The van der Waals surface area contributed by atoms with Crippen molar-refractivity contribution in [2.24, 2.45) is 0 Å². The van der Waals surface area contributed by atoms with Crippen molar-refractivity contribution in [3.05, 3.63) is 41.4 Å². The zero-order valence-corrected chi connectivity index (χ0v) is 20.4. The Morgan fingerprint density at radius 3 is 2.79 bits per heavy atom. The third kappa shape index (κ3) is 5.57. The summed E-state index contributed by atoms with van der Waals surface area (Å²) in [5.74, 6) is -1.48. The summed E-state index contributed by atoms with van der Waals surface area (Å²) >= 11 is 1.13. The monoisotopic (exact) mass is 503 g/mol. The lowest BCUT2D eigenvalue weighted by molar-refractivity contribution is -0.126. The van der Waals surface area contributed by atoms with Gasteiger partial charge in [-0.05, 0) is 37.5 Å². The summed E-state index contributed by atoms with van der Waals surface area (Å²) in [5.41, 5.74) is 3.03. The van der Waals surface area contributed by atoms with Crippen LogP contribution in [0.1, 0.15) is 28.8 Å². The van der Waals surface area contributed by atoms with E-state index in [0.717, 1.165) is 45.7 Å². The number of amides is 2. The Labute approximate surface area is 201 Å². The normalized spacial score (nSPS) is 14.6. The lowest BCUT2D eigenvalue weighted by atomic mass is 10.1. The SMILES string of the molecule is COCCS(=O)(=O)C(C(=O)NCC(=O)NC1CC1)c1nc2cc(-c3cncnc3C)ccc2s1. The van der Waals surface area contributed by atoms with Crippen LogP contribution in [0, 0.1) is 6.92 Å². The van der Waals surface area contributed by atoms with Crippen molar-refractivity contribution in [1.29, 1.82) is 0 Å². The molecule has 0 radical (unpaired) electrons. The number of sulfone groups is 1. The van der Waals surface area contributed by atoms with Crippen LogP contribution in [-0.4, -0.2) is 67.2 Å². The van der Waals surface area contributed by atoms with E-state index in [-0.39, 0.29) is 35.9 Å². The molecule has 2 aromatic heterocycles.